The van der Waals surface area contributed by atoms with E-state index in [0.29, 0.717) is 43.0 Å². The molecule has 36 heavy (non-hydrogen) atoms. The summed E-state index contributed by atoms with van der Waals surface area (Å²) >= 11 is 0. The predicted molar refractivity (Wildman–Crippen MR) is 135 cm³/mol. The molecule has 2 aromatic carbocycles. The van der Waals surface area contributed by atoms with Crippen LogP contribution in [0.15, 0.2) is 55.1 Å². The quantitative estimate of drug-likeness (QED) is 0.413. The molecule has 0 bridgehead atoms. The van der Waals surface area contributed by atoms with Gasteiger partial charge in [0.25, 0.3) is 0 Å². The zero-order chi connectivity index (χ0) is 25.3. The number of hydrogen-bond acceptors (Lipinski definition) is 7. The van der Waals surface area contributed by atoms with Gasteiger partial charge in [0.05, 0.1) is 6.61 Å². The van der Waals surface area contributed by atoms with Crippen molar-refractivity contribution >= 4 is 12.1 Å². The Hall–Kier alpha value is -3.52. The molecule has 1 atom stereocenters. The summed E-state index contributed by atoms with van der Waals surface area (Å²) in [5, 5.41) is 3.36. The summed E-state index contributed by atoms with van der Waals surface area (Å²) in [4.78, 5) is 26.4. The smallest absolute Gasteiger partial charge is 0.410 e. The highest BCUT2D eigenvalue weighted by atomic mass is 16.6. The summed E-state index contributed by atoms with van der Waals surface area (Å²) in [7, 11) is 0. The molecule has 0 radical (unpaired) electrons. The van der Waals surface area contributed by atoms with Crippen molar-refractivity contribution in [3.05, 3.63) is 71.8 Å². The molecule has 0 aromatic heterocycles. The number of piperidine rings is 1. The standard InChI is InChI=1S/C28H34N2O6/c1-3-17-34-28(32)30-15-12-24(13-16-30)35-23-8-6-21(7-9-23)26(27(31)33-4-2)36-25-10-5-20-11-14-29-19-22(20)18-25/h3,5-10,18,24,26,29H,1,4,11-17,19H2,2H3. The second kappa shape index (κ2) is 12.4. The van der Waals surface area contributed by atoms with Crippen LogP contribution in [0, 0.1) is 0 Å². The largest absolute Gasteiger partial charge is 0.490 e. The van der Waals surface area contributed by atoms with Gasteiger partial charge in [0, 0.05) is 38.0 Å². The average molecular weight is 495 g/mol. The van der Waals surface area contributed by atoms with E-state index in [1.807, 2.05) is 36.4 Å². The molecule has 1 N–H and O–H groups in total. The lowest BCUT2D eigenvalue weighted by molar-refractivity contribution is -0.151. The fourth-order valence-electron chi connectivity index (χ4n) is 4.43. The number of nitrogens with zero attached hydrogens (tertiary/aromatic N) is 1. The van der Waals surface area contributed by atoms with Crippen molar-refractivity contribution in [1.29, 1.82) is 0 Å². The van der Waals surface area contributed by atoms with E-state index in [-0.39, 0.29) is 25.4 Å². The topological polar surface area (TPSA) is 86.3 Å². The number of hydrogen-bond donors (Lipinski definition) is 1. The lowest BCUT2D eigenvalue weighted by atomic mass is 10.0. The van der Waals surface area contributed by atoms with Gasteiger partial charge in [-0.25, -0.2) is 9.59 Å². The van der Waals surface area contributed by atoms with E-state index in [2.05, 4.69) is 18.0 Å². The van der Waals surface area contributed by atoms with E-state index in [9.17, 15) is 9.59 Å². The van der Waals surface area contributed by atoms with Crippen LogP contribution >= 0.6 is 0 Å². The first-order chi connectivity index (χ1) is 17.6. The number of likely N-dealkylation sites (tertiary alicyclic amines) is 1. The molecule has 1 saturated heterocycles. The van der Waals surface area contributed by atoms with Gasteiger partial charge in [0.15, 0.2) is 0 Å². The zero-order valence-corrected chi connectivity index (χ0v) is 20.7. The van der Waals surface area contributed by atoms with Gasteiger partial charge in [-0.15, -0.1) is 0 Å². The van der Waals surface area contributed by atoms with Crippen LogP contribution in [0.2, 0.25) is 0 Å². The number of carbonyl (C=O) groups is 2. The number of carbonyl (C=O) groups excluding carboxylic acids is 2. The van der Waals surface area contributed by atoms with E-state index >= 15 is 0 Å². The number of esters is 1. The van der Waals surface area contributed by atoms with Gasteiger partial charge < -0.3 is 29.2 Å². The number of nitrogens with one attached hydrogen (secondary N) is 1. The van der Waals surface area contributed by atoms with Gasteiger partial charge in [0.1, 0.15) is 24.2 Å². The van der Waals surface area contributed by atoms with Gasteiger partial charge in [0.2, 0.25) is 6.10 Å². The van der Waals surface area contributed by atoms with E-state index in [1.54, 1.807) is 17.9 Å². The molecule has 8 heteroatoms. The Labute approximate surface area is 212 Å². The Bertz CT molecular complexity index is 1050. The highest BCUT2D eigenvalue weighted by Crippen LogP contribution is 2.28. The van der Waals surface area contributed by atoms with E-state index < -0.39 is 12.1 Å². The second-order valence-electron chi connectivity index (χ2n) is 8.85. The molecule has 0 saturated carbocycles. The number of fused-ring (bicyclic) bond motifs is 1. The summed E-state index contributed by atoms with van der Waals surface area (Å²) in [5.74, 6) is 0.904. The molecule has 0 spiro atoms. The van der Waals surface area contributed by atoms with Crippen LogP contribution in [-0.4, -0.2) is 55.9 Å². The molecule has 8 nitrogen and oxygen atoms in total. The van der Waals surface area contributed by atoms with E-state index in [0.717, 1.165) is 19.5 Å². The summed E-state index contributed by atoms with van der Waals surface area (Å²) in [6, 6.07) is 13.3. The maximum Gasteiger partial charge on any atom is 0.410 e. The van der Waals surface area contributed by atoms with Crippen molar-refractivity contribution in [3.8, 4) is 11.5 Å². The van der Waals surface area contributed by atoms with Gasteiger partial charge in [-0.3, -0.25) is 0 Å². The summed E-state index contributed by atoms with van der Waals surface area (Å²) in [6.45, 7) is 8.73. The summed E-state index contributed by atoms with van der Waals surface area (Å²) in [6.07, 6.45) is 2.77. The highest BCUT2D eigenvalue weighted by Gasteiger charge is 2.27. The maximum atomic E-state index is 12.8. The second-order valence-corrected chi connectivity index (χ2v) is 8.85. The van der Waals surface area contributed by atoms with Crippen LogP contribution in [-0.2, 0) is 27.2 Å². The SMILES string of the molecule is C=CCOC(=O)N1CCC(Oc2ccc(C(Oc3ccc4c(c3)CNCC4)C(=O)OCC)cc2)CC1. The molecule has 1 amide bonds. The van der Waals surface area contributed by atoms with Gasteiger partial charge in [-0.1, -0.05) is 30.9 Å². The van der Waals surface area contributed by atoms with Gasteiger partial charge >= 0.3 is 12.1 Å². The van der Waals surface area contributed by atoms with Crippen molar-refractivity contribution in [2.45, 2.75) is 44.9 Å². The summed E-state index contributed by atoms with van der Waals surface area (Å²) < 4.78 is 22.7. The van der Waals surface area contributed by atoms with E-state index in [1.165, 1.54) is 11.1 Å². The Kier molecular flexibility index (Phi) is 8.84. The molecule has 2 heterocycles. The number of benzene rings is 2. The van der Waals surface area contributed by atoms with Crippen LogP contribution in [0.3, 0.4) is 0 Å². The third-order valence-electron chi connectivity index (χ3n) is 6.33. The maximum absolute atomic E-state index is 12.8. The molecular weight excluding hydrogens is 460 g/mol. The third kappa shape index (κ3) is 6.57. The fraction of sp³-hybridized carbons (Fsp3) is 0.429. The first-order valence-electron chi connectivity index (χ1n) is 12.5. The molecule has 2 aliphatic rings. The monoisotopic (exact) mass is 494 g/mol. The Balaban J connectivity index is 1.38. The normalized spacial score (nSPS) is 16.4. The van der Waals surface area contributed by atoms with Gasteiger partial charge in [-0.05, 0) is 55.3 Å². The van der Waals surface area contributed by atoms with Crippen molar-refractivity contribution in [1.82, 2.24) is 10.2 Å². The van der Waals surface area contributed by atoms with Gasteiger partial charge in [-0.2, -0.15) is 0 Å². The minimum Gasteiger partial charge on any atom is -0.490 e. The molecule has 2 aromatic rings. The van der Waals surface area contributed by atoms with Crippen molar-refractivity contribution < 1.29 is 28.5 Å². The Morgan fingerprint density at radius 3 is 2.56 bits per heavy atom. The third-order valence-corrected chi connectivity index (χ3v) is 6.33. The molecule has 4 rings (SSSR count). The first-order valence-corrected chi connectivity index (χ1v) is 12.5. The minimum absolute atomic E-state index is 0.000475. The highest BCUT2D eigenvalue weighted by molar-refractivity contribution is 5.77. The molecule has 2 aliphatic heterocycles. The minimum atomic E-state index is -0.876. The zero-order valence-electron chi connectivity index (χ0n) is 20.7. The fourth-order valence-corrected chi connectivity index (χ4v) is 4.43. The Morgan fingerprint density at radius 1 is 1.08 bits per heavy atom. The van der Waals surface area contributed by atoms with Crippen molar-refractivity contribution in [2.75, 3.05) is 32.8 Å². The lowest BCUT2D eigenvalue weighted by Crippen LogP contribution is -2.42. The molecular formula is C28H34N2O6. The average Bonchev–Trinajstić information content (AvgIpc) is 2.91. The van der Waals surface area contributed by atoms with Crippen molar-refractivity contribution in [2.24, 2.45) is 0 Å². The summed E-state index contributed by atoms with van der Waals surface area (Å²) in [5.41, 5.74) is 3.18. The van der Waals surface area contributed by atoms with Crippen LogP contribution < -0.4 is 14.8 Å². The first kappa shape index (κ1) is 25.6. The van der Waals surface area contributed by atoms with Crippen LogP contribution in [0.5, 0.6) is 11.5 Å². The number of rotatable bonds is 9. The predicted octanol–water partition coefficient (Wildman–Crippen LogP) is 4.18. The van der Waals surface area contributed by atoms with Crippen LogP contribution in [0.4, 0.5) is 4.79 Å². The molecule has 1 unspecified atom stereocenters. The molecule has 1 fully saturated rings. The van der Waals surface area contributed by atoms with E-state index in [4.69, 9.17) is 18.9 Å². The van der Waals surface area contributed by atoms with Crippen molar-refractivity contribution in [3.63, 3.8) is 0 Å². The lowest BCUT2D eigenvalue weighted by Gasteiger charge is -2.31. The number of amides is 1. The Morgan fingerprint density at radius 2 is 1.83 bits per heavy atom. The molecule has 0 aliphatic carbocycles. The van der Waals surface area contributed by atoms with Crippen LogP contribution in [0.1, 0.15) is 42.6 Å². The molecule has 192 valence electrons. The van der Waals surface area contributed by atoms with Crippen LogP contribution in [0.25, 0.3) is 0 Å². The number of ether oxygens (including phenoxy) is 4.